The fourth-order valence-corrected chi connectivity index (χ4v) is 0.872. The number of nitrogens with zero attached hydrogens (tertiary/aromatic N) is 1. The lowest BCUT2D eigenvalue weighted by Gasteiger charge is -1.96. The lowest BCUT2D eigenvalue weighted by atomic mass is 10.2. The quantitative estimate of drug-likeness (QED) is 0.671. The maximum atomic E-state index is 5.41. The van der Waals surface area contributed by atoms with Gasteiger partial charge in [0.1, 0.15) is 5.82 Å². The second-order valence-electron chi connectivity index (χ2n) is 2.34. The second kappa shape index (κ2) is 3.20. The Bertz CT molecular complexity index is 191. The van der Waals surface area contributed by atoms with E-state index < -0.39 is 0 Å². The summed E-state index contributed by atoms with van der Waals surface area (Å²) in [6, 6.07) is 3.86. The SMILES string of the molecule is CCCc1ccc(N)nc1. The number of aromatic nitrogens is 1. The molecule has 0 spiro atoms. The zero-order valence-electron chi connectivity index (χ0n) is 6.17. The van der Waals surface area contributed by atoms with Crippen LogP contribution in [0, 0.1) is 0 Å². The Morgan fingerprint density at radius 3 is 2.80 bits per heavy atom. The average molecular weight is 136 g/mol. The number of hydrogen-bond donors (Lipinski definition) is 1. The average Bonchev–Trinajstić information content (AvgIpc) is 1.95. The summed E-state index contributed by atoms with van der Waals surface area (Å²) in [5.41, 5.74) is 6.67. The molecule has 0 atom stereocenters. The fraction of sp³-hybridized carbons (Fsp3) is 0.375. The van der Waals surface area contributed by atoms with Gasteiger partial charge in [-0.3, -0.25) is 0 Å². The molecule has 0 amide bonds. The van der Waals surface area contributed by atoms with Crippen molar-refractivity contribution >= 4 is 5.82 Å². The molecule has 54 valence electrons. The number of anilines is 1. The van der Waals surface area contributed by atoms with Gasteiger partial charge in [-0.1, -0.05) is 19.4 Å². The molecule has 0 saturated carbocycles. The molecule has 10 heavy (non-hydrogen) atoms. The highest BCUT2D eigenvalue weighted by Gasteiger charge is 1.89. The van der Waals surface area contributed by atoms with Crippen LogP contribution in [0.4, 0.5) is 5.82 Å². The number of hydrogen-bond acceptors (Lipinski definition) is 2. The molecule has 0 aliphatic carbocycles. The fourth-order valence-electron chi connectivity index (χ4n) is 0.872. The molecule has 1 aromatic heterocycles. The number of pyridine rings is 1. The Kier molecular flexibility index (Phi) is 2.26. The minimum Gasteiger partial charge on any atom is -0.384 e. The number of aryl methyl sites for hydroxylation is 1. The van der Waals surface area contributed by atoms with Crippen LogP contribution in [0.1, 0.15) is 18.9 Å². The number of nitrogens with two attached hydrogens (primary N) is 1. The van der Waals surface area contributed by atoms with Gasteiger partial charge in [0.15, 0.2) is 0 Å². The lowest BCUT2D eigenvalue weighted by Crippen LogP contribution is -1.90. The van der Waals surface area contributed by atoms with Crippen LogP contribution in [0.5, 0.6) is 0 Å². The van der Waals surface area contributed by atoms with Crippen molar-refractivity contribution in [2.24, 2.45) is 0 Å². The van der Waals surface area contributed by atoms with Gasteiger partial charge >= 0.3 is 0 Å². The summed E-state index contributed by atoms with van der Waals surface area (Å²) in [5.74, 6) is 0.597. The van der Waals surface area contributed by atoms with Crippen LogP contribution in [0.25, 0.3) is 0 Å². The third-order valence-electron chi connectivity index (χ3n) is 1.39. The van der Waals surface area contributed by atoms with Gasteiger partial charge in [-0.15, -0.1) is 0 Å². The standard InChI is InChI=1S/C8H12N2/c1-2-3-7-4-5-8(9)10-6-7/h4-6H,2-3H2,1H3,(H2,9,10). The maximum absolute atomic E-state index is 5.41. The summed E-state index contributed by atoms with van der Waals surface area (Å²) < 4.78 is 0. The van der Waals surface area contributed by atoms with Gasteiger partial charge in [0.25, 0.3) is 0 Å². The molecule has 1 heterocycles. The molecule has 2 nitrogen and oxygen atoms in total. The molecule has 1 aromatic rings. The third-order valence-corrected chi connectivity index (χ3v) is 1.39. The molecule has 0 radical (unpaired) electrons. The van der Waals surface area contributed by atoms with Gasteiger partial charge in [-0.05, 0) is 18.1 Å². The van der Waals surface area contributed by atoms with E-state index in [9.17, 15) is 0 Å². The first kappa shape index (κ1) is 7.06. The first-order valence-corrected chi connectivity index (χ1v) is 3.53. The molecule has 2 N–H and O–H groups in total. The molecule has 0 unspecified atom stereocenters. The van der Waals surface area contributed by atoms with E-state index in [1.807, 2.05) is 18.3 Å². The largest absolute Gasteiger partial charge is 0.384 e. The minimum atomic E-state index is 0.597. The van der Waals surface area contributed by atoms with Crippen molar-refractivity contribution in [3.63, 3.8) is 0 Å². The van der Waals surface area contributed by atoms with E-state index >= 15 is 0 Å². The number of rotatable bonds is 2. The molecular weight excluding hydrogens is 124 g/mol. The van der Waals surface area contributed by atoms with Crippen LogP contribution in [0.3, 0.4) is 0 Å². The predicted molar refractivity (Wildman–Crippen MR) is 42.6 cm³/mol. The zero-order valence-corrected chi connectivity index (χ0v) is 6.17. The minimum absolute atomic E-state index is 0.597. The summed E-state index contributed by atoms with van der Waals surface area (Å²) in [6.45, 7) is 2.15. The summed E-state index contributed by atoms with van der Waals surface area (Å²) in [4.78, 5) is 3.98. The van der Waals surface area contributed by atoms with E-state index in [0.29, 0.717) is 5.82 Å². The second-order valence-corrected chi connectivity index (χ2v) is 2.34. The Labute approximate surface area is 61.1 Å². The Hall–Kier alpha value is -1.05. The molecular formula is C8H12N2. The predicted octanol–water partition coefficient (Wildman–Crippen LogP) is 1.62. The van der Waals surface area contributed by atoms with Crippen LogP contribution in [-0.2, 0) is 6.42 Å². The van der Waals surface area contributed by atoms with E-state index in [4.69, 9.17) is 5.73 Å². The van der Waals surface area contributed by atoms with E-state index in [1.165, 1.54) is 5.56 Å². The Morgan fingerprint density at radius 1 is 1.50 bits per heavy atom. The first-order valence-electron chi connectivity index (χ1n) is 3.53. The van der Waals surface area contributed by atoms with Gasteiger partial charge in [-0.2, -0.15) is 0 Å². The van der Waals surface area contributed by atoms with Crippen LogP contribution < -0.4 is 5.73 Å². The van der Waals surface area contributed by atoms with Crippen molar-refractivity contribution < 1.29 is 0 Å². The summed E-state index contributed by atoms with van der Waals surface area (Å²) in [5, 5.41) is 0. The van der Waals surface area contributed by atoms with E-state index in [1.54, 1.807) is 0 Å². The van der Waals surface area contributed by atoms with E-state index in [0.717, 1.165) is 12.8 Å². The topological polar surface area (TPSA) is 38.9 Å². The first-order chi connectivity index (χ1) is 4.83. The summed E-state index contributed by atoms with van der Waals surface area (Å²) >= 11 is 0. The Balaban J connectivity index is 2.69. The van der Waals surface area contributed by atoms with Crippen LogP contribution in [0.15, 0.2) is 18.3 Å². The smallest absolute Gasteiger partial charge is 0.123 e. The molecule has 0 saturated heterocycles. The highest BCUT2D eigenvalue weighted by Crippen LogP contribution is 2.02. The van der Waals surface area contributed by atoms with Crippen molar-refractivity contribution in [2.75, 3.05) is 5.73 Å². The van der Waals surface area contributed by atoms with Crippen molar-refractivity contribution in [3.8, 4) is 0 Å². The van der Waals surface area contributed by atoms with Gasteiger partial charge < -0.3 is 5.73 Å². The lowest BCUT2D eigenvalue weighted by molar-refractivity contribution is 0.914. The maximum Gasteiger partial charge on any atom is 0.123 e. The molecule has 0 fully saturated rings. The van der Waals surface area contributed by atoms with E-state index in [2.05, 4.69) is 11.9 Å². The zero-order chi connectivity index (χ0) is 7.40. The third kappa shape index (κ3) is 1.72. The highest BCUT2D eigenvalue weighted by molar-refractivity contribution is 5.29. The van der Waals surface area contributed by atoms with Gasteiger partial charge in [-0.25, -0.2) is 4.98 Å². The molecule has 2 heteroatoms. The van der Waals surface area contributed by atoms with Crippen molar-refractivity contribution in [2.45, 2.75) is 19.8 Å². The number of nitrogen functional groups attached to an aromatic ring is 1. The monoisotopic (exact) mass is 136 g/mol. The van der Waals surface area contributed by atoms with Gasteiger partial charge in [0, 0.05) is 6.20 Å². The highest BCUT2D eigenvalue weighted by atomic mass is 14.8. The molecule has 1 rings (SSSR count). The molecule has 0 aromatic carbocycles. The van der Waals surface area contributed by atoms with Crippen LogP contribution >= 0.6 is 0 Å². The van der Waals surface area contributed by atoms with Crippen molar-refractivity contribution in [1.82, 2.24) is 4.98 Å². The molecule has 0 aliphatic heterocycles. The Morgan fingerprint density at radius 2 is 2.30 bits per heavy atom. The molecule has 0 bridgehead atoms. The van der Waals surface area contributed by atoms with Gasteiger partial charge in [0.05, 0.1) is 0 Å². The summed E-state index contributed by atoms with van der Waals surface area (Å²) in [7, 11) is 0. The van der Waals surface area contributed by atoms with Crippen LogP contribution in [-0.4, -0.2) is 4.98 Å². The van der Waals surface area contributed by atoms with Gasteiger partial charge in [0.2, 0.25) is 0 Å². The van der Waals surface area contributed by atoms with Crippen molar-refractivity contribution in [3.05, 3.63) is 23.9 Å². The summed E-state index contributed by atoms with van der Waals surface area (Å²) in [6.07, 6.45) is 4.08. The van der Waals surface area contributed by atoms with Crippen molar-refractivity contribution in [1.29, 1.82) is 0 Å². The van der Waals surface area contributed by atoms with Crippen LogP contribution in [0.2, 0.25) is 0 Å². The normalized spacial score (nSPS) is 9.70. The van der Waals surface area contributed by atoms with E-state index in [-0.39, 0.29) is 0 Å². The molecule has 0 aliphatic rings.